The van der Waals surface area contributed by atoms with Crippen molar-refractivity contribution in [2.45, 2.75) is 13.8 Å². The lowest BCUT2D eigenvalue weighted by molar-refractivity contribution is -0.134. The first-order valence-electron chi connectivity index (χ1n) is 5.90. The number of nitrogens with zero attached hydrogens (tertiary/aromatic N) is 1. The largest absolute Gasteiger partial charge is 0.422 e. The van der Waals surface area contributed by atoms with E-state index in [1.54, 1.807) is 31.3 Å². The molecular weight excluding hydrogens is 262 g/mol. The third-order valence-electron chi connectivity index (χ3n) is 2.71. The van der Waals surface area contributed by atoms with Crippen LogP contribution in [0, 0.1) is 0 Å². The molecule has 6 nitrogen and oxygen atoms in total. The van der Waals surface area contributed by atoms with Crippen molar-refractivity contribution < 1.29 is 19.1 Å². The fourth-order valence-corrected chi connectivity index (χ4v) is 1.92. The maximum absolute atomic E-state index is 12.2. The highest BCUT2D eigenvalue weighted by Gasteiger charge is 2.20. The summed E-state index contributed by atoms with van der Waals surface area (Å²) in [5.41, 5.74) is 0.0276. The second-order valence-corrected chi connectivity index (χ2v) is 4.23. The molecule has 0 unspecified atom stereocenters. The standard InChI is InChI=1S/C14H13NO5/c1-8(16)19-12-10-6-4-5-7-11(10)15(3)14(18)13(12)20-9(2)17/h4-7H,1-3H3. The SMILES string of the molecule is CC(=O)Oc1c(OC(C)=O)c2ccccc2n(C)c1=O. The summed E-state index contributed by atoms with van der Waals surface area (Å²) in [5, 5.41) is 0.515. The van der Waals surface area contributed by atoms with Crippen LogP contribution in [0.5, 0.6) is 11.5 Å². The maximum atomic E-state index is 12.2. The van der Waals surface area contributed by atoms with E-state index in [0.717, 1.165) is 0 Å². The summed E-state index contributed by atoms with van der Waals surface area (Å²) in [6.45, 7) is 2.38. The number of rotatable bonds is 2. The topological polar surface area (TPSA) is 74.6 Å². The van der Waals surface area contributed by atoms with E-state index in [-0.39, 0.29) is 11.5 Å². The van der Waals surface area contributed by atoms with E-state index >= 15 is 0 Å². The van der Waals surface area contributed by atoms with Crippen LogP contribution in [0.2, 0.25) is 0 Å². The maximum Gasteiger partial charge on any atom is 0.308 e. The Labute approximate surface area is 114 Å². The van der Waals surface area contributed by atoms with E-state index < -0.39 is 17.5 Å². The fourth-order valence-electron chi connectivity index (χ4n) is 1.92. The number of ether oxygens (including phenoxy) is 2. The summed E-state index contributed by atoms with van der Waals surface area (Å²) in [6.07, 6.45) is 0. The average Bonchev–Trinajstić information content (AvgIpc) is 2.39. The lowest BCUT2D eigenvalue weighted by Gasteiger charge is -2.13. The van der Waals surface area contributed by atoms with Crippen molar-refractivity contribution in [3.05, 3.63) is 34.6 Å². The molecule has 0 bridgehead atoms. The molecule has 0 saturated heterocycles. The molecule has 0 amide bonds. The van der Waals surface area contributed by atoms with Gasteiger partial charge < -0.3 is 14.0 Å². The minimum atomic E-state index is -0.661. The van der Waals surface area contributed by atoms with Crippen LogP contribution in [0.15, 0.2) is 29.1 Å². The molecule has 0 fully saturated rings. The average molecular weight is 275 g/mol. The number of hydrogen-bond acceptors (Lipinski definition) is 5. The van der Waals surface area contributed by atoms with Crippen LogP contribution in [0.1, 0.15) is 13.8 Å². The van der Waals surface area contributed by atoms with E-state index in [0.29, 0.717) is 10.9 Å². The van der Waals surface area contributed by atoms with Gasteiger partial charge in [0.15, 0.2) is 5.75 Å². The zero-order chi connectivity index (χ0) is 14.9. The molecule has 0 radical (unpaired) electrons. The molecule has 1 heterocycles. The Kier molecular flexibility index (Phi) is 3.56. The van der Waals surface area contributed by atoms with Crippen LogP contribution >= 0.6 is 0 Å². The van der Waals surface area contributed by atoms with Crippen molar-refractivity contribution in [3.8, 4) is 11.5 Å². The highest BCUT2D eigenvalue weighted by Crippen LogP contribution is 2.32. The highest BCUT2D eigenvalue weighted by molar-refractivity contribution is 5.91. The lowest BCUT2D eigenvalue weighted by Crippen LogP contribution is -2.23. The Bertz CT molecular complexity index is 760. The molecule has 0 aliphatic carbocycles. The molecular formula is C14H13NO5. The Hall–Kier alpha value is -2.63. The van der Waals surface area contributed by atoms with Crippen molar-refractivity contribution in [1.82, 2.24) is 4.57 Å². The number of para-hydroxylation sites is 1. The third kappa shape index (κ3) is 2.40. The molecule has 6 heteroatoms. The molecule has 0 spiro atoms. The zero-order valence-corrected chi connectivity index (χ0v) is 11.3. The number of aryl methyl sites for hydroxylation is 1. The molecule has 0 aliphatic rings. The number of benzene rings is 1. The second-order valence-electron chi connectivity index (χ2n) is 4.23. The van der Waals surface area contributed by atoms with Crippen molar-refractivity contribution in [1.29, 1.82) is 0 Å². The predicted molar refractivity (Wildman–Crippen MR) is 71.8 cm³/mol. The Morgan fingerprint density at radius 1 is 1.00 bits per heavy atom. The van der Waals surface area contributed by atoms with Crippen LogP contribution < -0.4 is 15.0 Å². The number of pyridine rings is 1. The highest BCUT2D eigenvalue weighted by atomic mass is 16.6. The summed E-state index contributed by atoms with van der Waals surface area (Å²) in [4.78, 5) is 34.6. The van der Waals surface area contributed by atoms with Gasteiger partial charge in [0.25, 0.3) is 5.56 Å². The molecule has 1 aromatic carbocycles. The summed E-state index contributed by atoms with van der Waals surface area (Å²) >= 11 is 0. The quantitative estimate of drug-likeness (QED) is 0.774. The van der Waals surface area contributed by atoms with Crippen LogP contribution in [-0.2, 0) is 16.6 Å². The molecule has 0 N–H and O–H groups in total. The first-order valence-corrected chi connectivity index (χ1v) is 5.90. The minimum absolute atomic E-state index is 0.0357. The summed E-state index contributed by atoms with van der Waals surface area (Å²) < 4.78 is 11.3. The van der Waals surface area contributed by atoms with Crippen molar-refractivity contribution in [2.24, 2.45) is 7.05 Å². The number of esters is 2. The molecule has 2 aromatic rings. The first-order chi connectivity index (χ1) is 9.41. The number of fused-ring (bicyclic) bond motifs is 1. The molecule has 20 heavy (non-hydrogen) atoms. The van der Waals surface area contributed by atoms with Gasteiger partial charge in [0, 0.05) is 26.3 Å². The third-order valence-corrected chi connectivity index (χ3v) is 2.71. The molecule has 1 aromatic heterocycles. The summed E-state index contributed by atoms with van der Waals surface area (Å²) in [7, 11) is 1.55. The van der Waals surface area contributed by atoms with E-state index in [9.17, 15) is 14.4 Å². The number of carbonyl (C=O) groups excluding carboxylic acids is 2. The Balaban J connectivity index is 2.87. The monoisotopic (exact) mass is 275 g/mol. The van der Waals surface area contributed by atoms with Crippen LogP contribution in [0.4, 0.5) is 0 Å². The number of hydrogen-bond donors (Lipinski definition) is 0. The van der Waals surface area contributed by atoms with Gasteiger partial charge >= 0.3 is 11.9 Å². The van der Waals surface area contributed by atoms with Gasteiger partial charge in [-0.15, -0.1) is 0 Å². The van der Waals surface area contributed by atoms with Gasteiger partial charge in [0.05, 0.1) is 5.52 Å². The predicted octanol–water partition coefficient (Wildman–Crippen LogP) is 1.39. The van der Waals surface area contributed by atoms with Gasteiger partial charge in [0.2, 0.25) is 5.75 Å². The normalized spacial score (nSPS) is 10.3. The molecule has 0 saturated carbocycles. The summed E-state index contributed by atoms with van der Waals surface area (Å²) in [5.74, 6) is -1.58. The zero-order valence-electron chi connectivity index (χ0n) is 11.3. The smallest absolute Gasteiger partial charge is 0.308 e. The van der Waals surface area contributed by atoms with E-state index in [1.165, 1.54) is 18.4 Å². The number of aromatic nitrogens is 1. The fraction of sp³-hybridized carbons (Fsp3) is 0.214. The lowest BCUT2D eigenvalue weighted by atomic mass is 10.2. The first kappa shape index (κ1) is 13.8. The second kappa shape index (κ2) is 5.16. The van der Waals surface area contributed by atoms with Gasteiger partial charge in [-0.2, -0.15) is 0 Å². The van der Waals surface area contributed by atoms with Crippen LogP contribution in [0.25, 0.3) is 10.9 Å². The van der Waals surface area contributed by atoms with Gasteiger partial charge in [0.1, 0.15) is 0 Å². The van der Waals surface area contributed by atoms with E-state index in [4.69, 9.17) is 9.47 Å². The molecule has 2 rings (SSSR count). The van der Waals surface area contributed by atoms with Gasteiger partial charge in [-0.3, -0.25) is 14.4 Å². The molecule has 0 aliphatic heterocycles. The Morgan fingerprint density at radius 2 is 1.55 bits per heavy atom. The Morgan fingerprint density at radius 3 is 2.15 bits per heavy atom. The van der Waals surface area contributed by atoms with Gasteiger partial charge in [-0.05, 0) is 12.1 Å². The van der Waals surface area contributed by atoms with Gasteiger partial charge in [-0.25, -0.2) is 0 Å². The van der Waals surface area contributed by atoms with Crippen molar-refractivity contribution >= 4 is 22.8 Å². The van der Waals surface area contributed by atoms with Crippen molar-refractivity contribution in [2.75, 3.05) is 0 Å². The number of carbonyl (C=O) groups is 2. The van der Waals surface area contributed by atoms with Crippen molar-refractivity contribution in [3.63, 3.8) is 0 Å². The van der Waals surface area contributed by atoms with Crippen LogP contribution in [0.3, 0.4) is 0 Å². The van der Waals surface area contributed by atoms with Crippen LogP contribution in [-0.4, -0.2) is 16.5 Å². The van der Waals surface area contributed by atoms with E-state index in [1.807, 2.05) is 0 Å². The molecule has 0 atom stereocenters. The van der Waals surface area contributed by atoms with Gasteiger partial charge in [-0.1, -0.05) is 12.1 Å². The van der Waals surface area contributed by atoms with E-state index in [2.05, 4.69) is 0 Å². The molecule has 104 valence electrons. The minimum Gasteiger partial charge on any atom is -0.422 e. The summed E-state index contributed by atoms with van der Waals surface area (Å²) in [6, 6.07) is 6.88.